The molecule has 2 aromatic heterocycles. The lowest BCUT2D eigenvalue weighted by Crippen LogP contribution is -2.39. The second kappa shape index (κ2) is 7.88. The van der Waals surface area contributed by atoms with Crippen LogP contribution in [0.2, 0.25) is 0 Å². The smallest absolute Gasteiger partial charge is 0.322 e. The Bertz CT molecular complexity index is 980. The van der Waals surface area contributed by atoms with Crippen molar-refractivity contribution in [2.45, 2.75) is 39.7 Å². The van der Waals surface area contributed by atoms with Crippen molar-refractivity contribution in [1.29, 1.82) is 0 Å². The van der Waals surface area contributed by atoms with Crippen molar-refractivity contribution in [3.05, 3.63) is 53.5 Å². The summed E-state index contributed by atoms with van der Waals surface area (Å²) in [6.45, 7) is 5.99. The predicted molar refractivity (Wildman–Crippen MR) is 108 cm³/mol. The maximum atomic E-state index is 12.7. The number of anilines is 1. The van der Waals surface area contributed by atoms with Crippen LogP contribution in [0.4, 0.5) is 10.5 Å². The van der Waals surface area contributed by atoms with Crippen LogP contribution in [0, 0.1) is 6.92 Å². The van der Waals surface area contributed by atoms with Gasteiger partial charge in [-0.1, -0.05) is 13.3 Å². The molecule has 0 saturated carbocycles. The molecule has 0 fully saturated rings. The van der Waals surface area contributed by atoms with Gasteiger partial charge in [0.05, 0.1) is 24.5 Å². The first-order valence-corrected chi connectivity index (χ1v) is 9.76. The van der Waals surface area contributed by atoms with E-state index in [1.54, 1.807) is 4.90 Å². The third kappa shape index (κ3) is 3.78. The van der Waals surface area contributed by atoms with Gasteiger partial charge in [0.2, 0.25) is 0 Å². The van der Waals surface area contributed by atoms with Crippen LogP contribution in [0.25, 0.3) is 5.65 Å². The highest BCUT2D eigenvalue weighted by atomic mass is 16.5. The Morgan fingerprint density at radius 1 is 1.29 bits per heavy atom. The number of ether oxygens (including phenoxy) is 1. The van der Waals surface area contributed by atoms with Crippen LogP contribution < -0.4 is 10.1 Å². The van der Waals surface area contributed by atoms with Gasteiger partial charge in [-0.05, 0) is 37.6 Å². The number of carbonyl (C=O) groups excluding carboxylic acids is 1. The number of fused-ring (bicyclic) bond motifs is 3. The molecule has 1 N–H and O–H groups in total. The molecular weight excluding hydrogens is 354 g/mol. The normalized spacial score (nSPS) is 13.4. The molecule has 0 radical (unpaired) electrons. The van der Waals surface area contributed by atoms with E-state index in [1.807, 2.05) is 48.0 Å². The Morgan fingerprint density at radius 3 is 2.89 bits per heavy atom. The number of benzene rings is 1. The molecule has 0 aliphatic carbocycles. The highest BCUT2D eigenvalue weighted by Crippen LogP contribution is 2.21. The van der Waals surface area contributed by atoms with Gasteiger partial charge in [0.25, 0.3) is 0 Å². The van der Waals surface area contributed by atoms with Gasteiger partial charge >= 0.3 is 6.03 Å². The van der Waals surface area contributed by atoms with E-state index in [-0.39, 0.29) is 6.03 Å². The lowest BCUT2D eigenvalue weighted by atomic mass is 10.1. The molecule has 0 bridgehead atoms. The summed E-state index contributed by atoms with van der Waals surface area (Å²) in [5.74, 6) is 0.822. The molecule has 1 aliphatic heterocycles. The summed E-state index contributed by atoms with van der Waals surface area (Å²) in [4.78, 5) is 18.9. The number of nitrogens with one attached hydrogen (secondary N) is 1. The zero-order chi connectivity index (χ0) is 19.5. The van der Waals surface area contributed by atoms with Crippen molar-refractivity contribution in [2.75, 3.05) is 18.5 Å². The lowest BCUT2D eigenvalue weighted by Gasteiger charge is -2.28. The Kier molecular flexibility index (Phi) is 5.14. The van der Waals surface area contributed by atoms with E-state index in [9.17, 15) is 4.79 Å². The summed E-state index contributed by atoms with van der Waals surface area (Å²) in [6, 6.07) is 9.37. The average molecular weight is 379 g/mol. The lowest BCUT2D eigenvalue weighted by molar-refractivity contribution is 0.205. The maximum absolute atomic E-state index is 12.7. The zero-order valence-corrected chi connectivity index (χ0v) is 16.3. The number of hydrogen-bond donors (Lipinski definition) is 1. The predicted octanol–water partition coefficient (Wildman–Crippen LogP) is 3.81. The minimum absolute atomic E-state index is 0.109. The van der Waals surface area contributed by atoms with Crippen molar-refractivity contribution >= 4 is 17.4 Å². The number of amides is 2. The summed E-state index contributed by atoms with van der Waals surface area (Å²) < 4.78 is 7.56. The number of nitrogens with zero attached hydrogens (tertiary/aromatic N) is 4. The van der Waals surface area contributed by atoms with E-state index in [0.717, 1.165) is 53.3 Å². The Hall–Kier alpha value is -3.09. The van der Waals surface area contributed by atoms with E-state index in [4.69, 9.17) is 4.74 Å². The summed E-state index contributed by atoms with van der Waals surface area (Å²) in [6.07, 6.45) is 4.75. The molecular formula is C21H25N5O2. The summed E-state index contributed by atoms with van der Waals surface area (Å²) in [7, 11) is 0. The van der Waals surface area contributed by atoms with E-state index in [0.29, 0.717) is 19.7 Å². The van der Waals surface area contributed by atoms with Gasteiger partial charge in [-0.25, -0.2) is 14.3 Å². The molecule has 0 saturated heterocycles. The van der Waals surface area contributed by atoms with E-state index < -0.39 is 0 Å². The van der Waals surface area contributed by atoms with E-state index in [1.165, 1.54) is 0 Å². The number of carbonyl (C=O) groups is 1. The number of unbranched alkanes of at least 4 members (excludes halogenated alkanes) is 1. The fourth-order valence-corrected chi connectivity index (χ4v) is 3.40. The Morgan fingerprint density at radius 2 is 2.11 bits per heavy atom. The van der Waals surface area contributed by atoms with Gasteiger partial charge in [-0.2, -0.15) is 5.10 Å². The summed E-state index contributed by atoms with van der Waals surface area (Å²) >= 11 is 0. The van der Waals surface area contributed by atoms with Crippen LogP contribution >= 0.6 is 0 Å². The number of aromatic nitrogens is 3. The monoisotopic (exact) mass is 379 g/mol. The van der Waals surface area contributed by atoms with E-state index >= 15 is 0 Å². The van der Waals surface area contributed by atoms with Crippen molar-refractivity contribution in [3.63, 3.8) is 0 Å². The van der Waals surface area contributed by atoms with Crippen molar-refractivity contribution in [2.24, 2.45) is 0 Å². The molecule has 7 heteroatoms. The Balaban J connectivity index is 1.40. The number of aryl methyl sites for hydroxylation is 1. The molecule has 3 aromatic rings. The largest absolute Gasteiger partial charge is 0.494 e. The quantitative estimate of drug-likeness (QED) is 0.685. The number of urea groups is 1. The van der Waals surface area contributed by atoms with Gasteiger partial charge in [-0.3, -0.25) is 0 Å². The number of hydrogen-bond acceptors (Lipinski definition) is 4. The maximum Gasteiger partial charge on any atom is 0.322 e. The molecule has 1 aromatic carbocycles. The minimum Gasteiger partial charge on any atom is -0.494 e. The first-order valence-electron chi connectivity index (χ1n) is 9.76. The first-order chi connectivity index (χ1) is 13.6. The van der Waals surface area contributed by atoms with Crippen molar-refractivity contribution < 1.29 is 9.53 Å². The molecule has 3 heterocycles. The SMILES string of the molecule is CCCCOc1ccc(NC(=O)N2CCc3c(cnc4cc(C)nn34)C2)cc1. The standard InChI is InChI=1S/C21H25N5O2/c1-3-4-11-28-18-7-5-17(6-8-18)23-21(27)25-10-9-19-16(14-25)13-22-20-12-15(2)24-26(19)20/h5-8,12-13H,3-4,9-11,14H2,1-2H3,(H,23,27). The molecule has 7 nitrogen and oxygen atoms in total. The van der Waals surface area contributed by atoms with E-state index in [2.05, 4.69) is 22.3 Å². The third-order valence-electron chi connectivity index (χ3n) is 4.93. The fraction of sp³-hybridized carbons (Fsp3) is 0.381. The average Bonchev–Trinajstić information content (AvgIpc) is 3.10. The first kappa shape index (κ1) is 18.3. The van der Waals surface area contributed by atoms with Crippen LogP contribution in [0.1, 0.15) is 36.7 Å². The molecule has 4 rings (SSSR count). The van der Waals surface area contributed by atoms with Gasteiger partial charge in [0, 0.05) is 36.5 Å². The van der Waals surface area contributed by atoms with Crippen LogP contribution in [-0.2, 0) is 13.0 Å². The van der Waals surface area contributed by atoms with Crippen molar-refractivity contribution in [1.82, 2.24) is 19.5 Å². The number of rotatable bonds is 5. The van der Waals surface area contributed by atoms with Crippen LogP contribution in [0.15, 0.2) is 36.5 Å². The third-order valence-corrected chi connectivity index (χ3v) is 4.93. The highest BCUT2D eigenvalue weighted by Gasteiger charge is 2.23. The topological polar surface area (TPSA) is 71.8 Å². The van der Waals surface area contributed by atoms with Gasteiger partial charge in [0.15, 0.2) is 5.65 Å². The molecule has 1 aliphatic rings. The second-order valence-corrected chi connectivity index (χ2v) is 7.11. The van der Waals surface area contributed by atoms with Crippen LogP contribution in [-0.4, -0.2) is 38.7 Å². The molecule has 0 spiro atoms. The highest BCUT2D eigenvalue weighted by molar-refractivity contribution is 5.89. The van der Waals surface area contributed by atoms with Crippen LogP contribution in [0.5, 0.6) is 5.75 Å². The molecule has 28 heavy (non-hydrogen) atoms. The fourth-order valence-electron chi connectivity index (χ4n) is 3.40. The molecule has 2 amide bonds. The van der Waals surface area contributed by atoms with Crippen molar-refractivity contribution in [3.8, 4) is 5.75 Å². The summed E-state index contributed by atoms with van der Waals surface area (Å²) in [5.41, 5.74) is 4.74. The van der Waals surface area contributed by atoms with Crippen LogP contribution in [0.3, 0.4) is 0 Å². The van der Waals surface area contributed by atoms with Gasteiger partial charge in [-0.15, -0.1) is 0 Å². The van der Waals surface area contributed by atoms with Gasteiger partial charge < -0.3 is 15.0 Å². The molecule has 0 unspecified atom stereocenters. The Labute approximate surface area is 164 Å². The zero-order valence-electron chi connectivity index (χ0n) is 16.3. The minimum atomic E-state index is -0.109. The second-order valence-electron chi connectivity index (χ2n) is 7.11. The summed E-state index contributed by atoms with van der Waals surface area (Å²) in [5, 5.41) is 7.49. The molecule has 0 atom stereocenters. The molecule has 146 valence electrons. The van der Waals surface area contributed by atoms with Gasteiger partial charge in [0.1, 0.15) is 5.75 Å².